The molecular formula is C26H50NO7P. The lowest BCUT2D eigenvalue weighted by Crippen LogP contribution is -2.37. The molecule has 8 nitrogen and oxygen atoms in total. The molecule has 1 unspecified atom stereocenters. The first-order valence-corrected chi connectivity index (χ1v) is 14.6. The van der Waals surface area contributed by atoms with E-state index in [1.807, 2.05) is 21.1 Å². The van der Waals surface area contributed by atoms with Crippen LogP contribution >= 0.6 is 7.82 Å². The number of nitrogens with zero attached hydrogens (tertiary/aromatic N) is 1. The number of unbranched alkanes of at least 4 members (excludes halogenated alkanes) is 8. The molecule has 1 N–H and O–H groups in total. The van der Waals surface area contributed by atoms with Crippen molar-refractivity contribution in [3.8, 4) is 0 Å². The summed E-state index contributed by atoms with van der Waals surface area (Å²) in [6, 6.07) is 0. The fourth-order valence-corrected chi connectivity index (χ4v) is 3.77. The number of carbonyl (C=O) groups is 1. The highest BCUT2D eigenvalue weighted by Gasteiger charge is 2.16. The molecule has 0 saturated heterocycles. The van der Waals surface area contributed by atoms with Crippen molar-refractivity contribution in [2.45, 2.75) is 90.1 Å². The van der Waals surface area contributed by atoms with Crippen LogP contribution in [-0.4, -0.2) is 69.2 Å². The Bertz CT molecular complexity index is 632. The van der Waals surface area contributed by atoms with E-state index in [0.717, 1.165) is 44.9 Å². The van der Waals surface area contributed by atoms with E-state index < -0.39 is 26.5 Å². The molecule has 0 bridgehead atoms. The van der Waals surface area contributed by atoms with Crippen molar-refractivity contribution in [3.63, 3.8) is 0 Å². The molecular weight excluding hydrogens is 469 g/mol. The molecule has 0 aliphatic heterocycles. The van der Waals surface area contributed by atoms with Gasteiger partial charge in [0, 0.05) is 6.42 Å². The summed E-state index contributed by atoms with van der Waals surface area (Å²) in [6.07, 6.45) is 20.2. The van der Waals surface area contributed by atoms with Crippen LogP contribution in [0.25, 0.3) is 0 Å². The van der Waals surface area contributed by atoms with Crippen molar-refractivity contribution in [1.29, 1.82) is 0 Å². The molecule has 0 aromatic carbocycles. The van der Waals surface area contributed by atoms with Gasteiger partial charge in [0.25, 0.3) is 7.82 Å². The van der Waals surface area contributed by atoms with Gasteiger partial charge in [0.1, 0.15) is 25.9 Å². The maximum atomic E-state index is 11.8. The molecule has 0 aromatic rings. The smallest absolute Gasteiger partial charge is 0.305 e. The van der Waals surface area contributed by atoms with Gasteiger partial charge in [-0.2, -0.15) is 0 Å². The summed E-state index contributed by atoms with van der Waals surface area (Å²) in [7, 11) is 1.24. The average Bonchev–Trinajstić information content (AvgIpc) is 2.78. The molecule has 0 aromatic heterocycles. The summed E-state index contributed by atoms with van der Waals surface area (Å²) in [6.45, 7) is 1.88. The second kappa shape index (κ2) is 21.1. The van der Waals surface area contributed by atoms with Crippen LogP contribution in [0.1, 0.15) is 84.0 Å². The lowest BCUT2D eigenvalue weighted by molar-refractivity contribution is -0.870. The minimum atomic E-state index is -4.49. The van der Waals surface area contributed by atoms with Gasteiger partial charge in [-0.15, -0.1) is 0 Å². The van der Waals surface area contributed by atoms with Crippen LogP contribution in [0.5, 0.6) is 0 Å². The maximum Gasteiger partial charge on any atom is 0.305 e. The van der Waals surface area contributed by atoms with Gasteiger partial charge in [-0.05, 0) is 38.5 Å². The fourth-order valence-electron chi connectivity index (χ4n) is 3.03. The summed E-state index contributed by atoms with van der Waals surface area (Å²) < 4.78 is 26.6. The zero-order valence-electron chi connectivity index (χ0n) is 22.5. The quantitative estimate of drug-likeness (QED) is 0.0672. The number of hydrogen-bond acceptors (Lipinski definition) is 7. The number of carbonyl (C=O) groups excluding carboxylic acids is 1. The third-order valence-electron chi connectivity index (χ3n) is 5.20. The van der Waals surface area contributed by atoms with Gasteiger partial charge in [0.15, 0.2) is 0 Å². The molecule has 9 heteroatoms. The molecule has 206 valence electrons. The largest absolute Gasteiger partial charge is 0.756 e. The lowest BCUT2D eigenvalue weighted by atomic mass is 10.1. The minimum Gasteiger partial charge on any atom is -0.756 e. The van der Waals surface area contributed by atoms with Crippen LogP contribution in [0.3, 0.4) is 0 Å². The molecule has 0 radical (unpaired) electrons. The van der Waals surface area contributed by atoms with Crippen molar-refractivity contribution in [2.24, 2.45) is 0 Å². The minimum absolute atomic E-state index is 0.0110. The topological polar surface area (TPSA) is 105 Å². The molecule has 0 spiro atoms. The highest BCUT2D eigenvalue weighted by atomic mass is 31.2. The summed E-state index contributed by atoms with van der Waals surface area (Å²) in [5, 5.41) is 9.79. The standard InChI is InChI=1S/C26H50NO7P/c1-5-6-7-8-9-10-11-12-13-14-15-16-17-18-19-20-26(29)32-23-25(28)24-34-35(30,31)33-22-21-27(2,3)4/h9-10,12-13,25,28H,5-8,11,14-24H2,1-4H3/b10-9+,13-12+/t25-/m1/s1. The van der Waals surface area contributed by atoms with Crippen LogP contribution in [-0.2, 0) is 23.1 Å². The van der Waals surface area contributed by atoms with Crippen molar-refractivity contribution < 1.29 is 37.6 Å². The fraction of sp³-hybridized carbons (Fsp3) is 0.808. The maximum absolute atomic E-state index is 11.8. The highest BCUT2D eigenvalue weighted by Crippen LogP contribution is 2.38. The van der Waals surface area contributed by atoms with E-state index in [9.17, 15) is 19.4 Å². The van der Waals surface area contributed by atoms with Gasteiger partial charge in [-0.3, -0.25) is 9.36 Å². The Morgan fingerprint density at radius 3 is 2.14 bits per heavy atom. The van der Waals surface area contributed by atoms with Crippen molar-refractivity contribution in [3.05, 3.63) is 24.3 Å². The Balaban J connectivity index is 3.64. The zero-order chi connectivity index (χ0) is 26.4. The van der Waals surface area contributed by atoms with Gasteiger partial charge in [-0.25, -0.2) is 0 Å². The number of aliphatic hydroxyl groups is 1. The molecule has 0 aliphatic carbocycles. The number of ether oxygens (including phenoxy) is 1. The molecule has 0 saturated carbocycles. The van der Waals surface area contributed by atoms with Crippen LogP contribution in [0.2, 0.25) is 0 Å². The van der Waals surface area contributed by atoms with Crippen molar-refractivity contribution in [1.82, 2.24) is 0 Å². The van der Waals surface area contributed by atoms with E-state index in [1.165, 1.54) is 25.7 Å². The number of likely N-dealkylation sites (N-methyl/N-ethyl adjacent to an activating group) is 1. The number of phosphoric ester groups is 1. The number of phosphoric acid groups is 1. The number of allylic oxidation sites excluding steroid dienone is 4. The third-order valence-corrected chi connectivity index (χ3v) is 6.17. The molecule has 0 rings (SSSR count). The number of esters is 1. The van der Waals surface area contributed by atoms with Gasteiger partial charge < -0.3 is 28.3 Å². The molecule has 0 heterocycles. The predicted molar refractivity (Wildman–Crippen MR) is 139 cm³/mol. The lowest BCUT2D eigenvalue weighted by Gasteiger charge is -2.27. The Kier molecular flexibility index (Phi) is 20.5. The predicted octanol–water partition coefficient (Wildman–Crippen LogP) is 4.91. The van der Waals surface area contributed by atoms with E-state index in [2.05, 4.69) is 35.8 Å². The number of quaternary nitrogens is 1. The number of aliphatic hydroxyl groups excluding tert-OH is 1. The summed E-state index contributed by atoms with van der Waals surface area (Å²) in [5.74, 6) is -0.403. The van der Waals surface area contributed by atoms with Crippen LogP contribution in [0.4, 0.5) is 0 Å². The summed E-state index contributed by atoms with van der Waals surface area (Å²) in [4.78, 5) is 23.5. The molecule has 0 amide bonds. The normalized spacial score (nSPS) is 15.0. The molecule has 0 fully saturated rings. The van der Waals surface area contributed by atoms with E-state index in [0.29, 0.717) is 11.0 Å². The Morgan fingerprint density at radius 2 is 1.51 bits per heavy atom. The van der Waals surface area contributed by atoms with E-state index in [4.69, 9.17) is 9.26 Å². The van der Waals surface area contributed by atoms with E-state index in [1.54, 1.807) is 0 Å². The van der Waals surface area contributed by atoms with Crippen LogP contribution in [0.15, 0.2) is 24.3 Å². The van der Waals surface area contributed by atoms with Gasteiger partial charge in [0.2, 0.25) is 0 Å². The van der Waals surface area contributed by atoms with Gasteiger partial charge >= 0.3 is 5.97 Å². The van der Waals surface area contributed by atoms with Crippen LogP contribution < -0.4 is 4.89 Å². The second-order valence-electron chi connectivity index (χ2n) is 9.91. The third kappa shape index (κ3) is 25.9. The SMILES string of the molecule is CCCCC/C=C/C/C=C/CCCCCCCC(=O)OC[C@@H](O)COP(=O)([O-])OCC[N+](C)(C)C. The molecule has 2 atom stereocenters. The van der Waals surface area contributed by atoms with E-state index in [-0.39, 0.29) is 19.6 Å². The van der Waals surface area contributed by atoms with Crippen molar-refractivity contribution in [2.75, 3.05) is 47.5 Å². The molecule has 35 heavy (non-hydrogen) atoms. The molecule has 0 aliphatic rings. The van der Waals surface area contributed by atoms with Gasteiger partial charge in [-0.1, -0.05) is 63.3 Å². The number of rotatable bonds is 23. The first-order valence-electron chi connectivity index (χ1n) is 13.1. The zero-order valence-corrected chi connectivity index (χ0v) is 23.4. The Labute approximate surface area is 213 Å². The Morgan fingerprint density at radius 1 is 0.914 bits per heavy atom. The monoisotopic (exact) mass is 519 g/mol. The number of hydrogen-bond donors (Lipinski definition) is 1. The summed E-state index contributed by atoms with van der Waals surface area (Å²) >= 11 is 0. The van der Waals surface area contributed by atoms with Gasteiger partial charge in [0.05, 0.1) is 27.7 Å². The van der Waals surface area contributed by atoms with Crippen LogP contribution in [0, 0.1) is 0 Å². The first kappa shape index (κ1) is 34.0. The highest BCUT2D eigenvalue weighted by molar-refractivity contribution is 7.45. The average molecular weight is 520 g/mol. The van der Waals surface area contributed by atoms with E-state index >= 15 is 0 Å². The Hall–Kier alpha value is -1.02. The first-order chi connectivity index (χ1) is 16.6. The second-order valence-corrected chi connectivity index (χ2v) is 11.3. The van der Waals surface area contributed by atoms with Crippen molar-refractivity contribution >= 4 is 13.8 Å². The summed E-state index contributed by atoms with van der Waals surface area (Å²) in [5.41, 5.74) is 0.